The summed E-state index contributed by atoms with van der Waals surface area (Å²) in [6.45, 7) is 5.23. The van der Waals surface area contributed by atoms with Gasteiger partial charge in [0.15, 0.2) is 0 Å². The number of nitrogens with zero attached hydrogens (tertiary/aromatic N) is 2. The molecule has 0 spiro atoms. The number of aromatic nitrogens is 2. The van der Waals surface area contributed by atoms with Crippen molar-refractivity contribution >= 4 is 46.1 Å². The number of rotatable bonds is 10. The van der Waals surface area contributed by atoms with Crippen LogP contribution in [0.4, 0.5) is 20.4 Å². The van der Waals surface area contributed by atoms with Crippen LogP contribution in [0.1, 0.15) is 42.3 Å². The molecule has 0 bridgehead atoms. The van der Waals surface area contributed by atoms with Crippen LogP contribution in [0.2, 0.25) is 5.02 Å². The monoisotopic (exact) mass is 583 g/mol. The minimum Gasteiger partial charge on any atom is -0.487 e. The number of hydrogen-bond acceptors (Lipinski definition) is 5. The number of imidazole rings is 1. The highest BCUT2D eigenvalue weighted by atomic mass is 35.5. The number of carbonyl (C=O) groups is 2. The quantitative estimate of drug-likeness (QED) is 0.206. The molecule has 1 heterocycles. The average Bonchev–Trinajstić information content (AvgIpc) is 3.24. The molecule has 3 N–H and O–H groups in total. The van der Waals surface area contributed by atoms with Crippen molar-refractivity contribution in [3.05, 3.63) is 82.4 Å². The van der Waals surface area contributed by atoms with E-state index in [-0.39, 0.29) is 23.8 Å². The number of hydrogen-bond donors (Lipinski definition) is 3. The summed E-state index contributed by atoms with van der Waals surface area (Å²) in [4.78, 5) is 30.0. The Kier molecular flexibility index (Phi) is 9.12. The van der Waals surface area contributed by atoms with Crippen LogP contribution in [-0.2, 0) is 24.9 Å². The molecule has 11 heteroatoms. The lowest BCUT2D eigenvalue weighted by Gasteiger charge is -2.18. The zero-order valence-electron chi connectivity index (χ0n) is 23.2. The first-order valence-electron chi connectivity index (χ1n) is 13.0. The van der Waals surface area contributed by atoms with E-state index in [1.54, 1.807) is 17.7 Å². The molecule has 4 aromatic rings. The van der Waals surface area contributed by atoms with Crippen LogP contribution in [0.25, 0.3) is 11.0 Å². The highest BCUT2D eigenvalue weighted by Crippen LogP contribution is 2.31. The molecule has 0 unspecified atom stereocenters. The maximum absolute atomic E-state index is 13.1. The summed E-state index contributed by atoms with van der Waals surface area (Å²) in [6, 6.07) is 17.7. The van der Waals surface area contributed by atoms with Crippen molar-refractivity contribution in [1.29, 1.82) is 0 Å². The van der Waals surface area contributed by atoms with E-state index in [2.05, 4.69) is 20.9 Å². The molecule has 0 aliphatic carbocycles. The summed E-state index contributed by atoms with van der Waals surface area (Å²) in [6.07, 6.45) is -2.71. The lowest BCUT2D eigenvalue weighted by molar-refractivity contribution is -0.128. The molecule has 0 fully saturated rings. The minimum absolute atomic E-state index is 0.0209. The predicted octanol–water partition coefficient (Wildman–Crippen LogP) is 6.21. The fourth-order valence-electron chi connectivity index (χ4n) is 4.00. The summed E-state index contributed by atoms with van der Waals surface area (Å²) in [7, 11) is 1.74. The highest BCUT2D eigenvalue weighted by molar-refractivity contribution is 6.33. The lowest BCUT2D eigenvalue weighted by Crippen LogP contribution is -2.34. The van der Waals surface area contributed by atoms with Crippen molar-refractivity contribution in [3.8, 4) is 5.75 Å². The van der Waals surface area contributed by atoms with Crippen LogP contribution in [0.15, 0.2) is 60.7 Å². The van der Waals surface area contributed by atoms with Gasteiger partial charge in [0.1, 0.15) is 12.4 Å². The summed E-state index contributed by atoms with van der Waals surface area (Å²) in [5, 5.41) is 9.35. The number of benzene rings is 3. The number of carbonyl (C=O) groups excluding carboxylic acids is 2. The van der Waals surface area contributed by atoms with Crippen LogP contribution < -0.4 is 20.7 Å². The van der Waals surface area contributed by atoms with E-state index in [9.17, 15) is 18.4 Å². The van der Waals surface area contributed by atoms with E-state index in [4.69, 9.17) is 16.3 Å². The van der Waals surface area contributed by atoms with Gasteiger partial charge in [0.05, 0.1) is 27.3 Å². The Morgan fingerprint density at radius 3 is 2.39 bits per heavy atom. The molecule has 8 nitrogen and oxygen atoms in total. The van der Waals surface area contributed by atoms with Crippen molar-refractivity contribution in [2.45, 2.75) is 40.3 Å². The second kappa shape index (κ2) is 12.6. The Labute approximate surface area is 242 Å². The number of amides is 2. The van der Waals surface area contributed by atoms with Crippen molar-refractivity contribution in [2.24, 2.45) is 12.5 Å². The number of aryl methyl sites for hydroxylation is 1. The van der Waals surface area contributed by atoms with Gasteiger partial charge in [-0.05, 0) is 29.3 Å². The Balaban J connectivity index is 1.61. The molecule has 0 aliphatic rings. The van der Waals surface area contributed by atoms with Gasteiger partial charge in [-0.25, -0.2) is 13.8 Å². The van der Waals surface area contributed by atoms with E-state index >= 15 is 0 Å². The smallest absolute Gasteiger partial charge is 0.272 e. The predicted molar refractivity (Wildman–Crippen MR) is 156 cm³/mol. The molecule has 0 radical (unpaired) electrons. The Morgan fingerprint density at radius 1 is 1.00 bits per heavy atom. The van der Waals surface area contributed by atoms with Gasteiger partial charge < -0.3 is 25.3 Å². The number of ether oxygens (including phenoxy) is 1. The van der Waals surface area contributed by atoms with Gasteiger partial charge in [-0.15, -0.1) is 0 Å². The highest BCUT2D eigenvalue weighted by Gasteiger charge is 2.21. The van der Waals surface area contributed by atoms with Gasteiger partial charge in [-0.1, -0.05) is 68.8 Å². The molecular weight excluding hydrogens is 552 g/mol. The molecule has 4 rings (SSSR count). The average molecular weight is 584 g/mol. The first kappa shape index (κ1) is 29.8. The van der Waals surface area contributed by atoms with Crippen LogP contribution in [-0.4, -0.2) is 34.4 Å². The Morgan fingerprint density at radius 2 is 1.71 bits per heavy atom. The largest absolute Gasteiger partial charge is 0.487 e. The zero-order chi connectivity index (χ0) is 29.7. The fraction of sp³-hybridized carbons (Fsp3) is 0.300. The number of alkyl halides is 2. The van der Waals surface area contributed by atoms with Crippen LogP contribution in [0.5, 0.6) is 5.75 Å². The van der Waals surface area contributed by atoms with E-state index in [1.165, 1.54) is 12.1 Å². The standard InChI is InChI=1S/C30H32ClF2N5O3/c1-30(2,3)28(40)35-16-19-10-11-21(31)22(12-19)36-29-37-23-13-20(27(39)34-15-18-8-6-5-7-9-18)25(41-17-26(32)33)14-24(23)38(29)4/h5-14,26H,15-17H2,1-4H3,(H,34,39)(H,35,40)(H,36,37). The lowest BCUT2D eigenvalue weighted by atomic mass is 9.95. The van der Waals surface area contributed by atoms with Gasteiger partial charge in [0, 0.05) is 31.6 Å². The molecule has 0 aliphatic heterocycles. The van der Waals surface area contributed by atoms with E-state index in [0.29, 0.717) is 34.2 Å². The topological polar surface area (TPSA) is 97.3 Å². The first-order valence-corrected chi connectivity index (χ1v) is 13.4. The molecule has 41 heavy (non-hydrogen) atoms. The summed E-state index contributed by atoms with van der Waals surface area (Å²) >= 11 is 6.45. The summed E-state index contributed by atoms with van der Waals surface area (Å²) in [5.41, 5.74) is 2.85. The summed E-state index contributed by atoms with van der Waals surface area (Å²) < 4.78 is 33.1. The Bertz CT molecular complexity index is 1550. The van der Waals surface area contributed by atoms with Gasteiger partial charge in [-0.3, -0.25) is 9.59 Å². The van der Waals surface area contributed by atoms with E-state index in [0.717, 1.165) is 11.1 Å². The molecule has 216 valence electrons. The van der Waals surface area contributed by atoms with Crippen molar-refractivity contribution in [2.75, 3.05) is 11.9 Å². The zero-order valence-corrected chi connectivity index (χ0v) is 24.0. The molecule has 1 aromatic heterocycles. The Hall–Kier alpha value is -4.18. The van der Waals surface area contributed by atoms with Gasteiger partial charge in [-0.2, -0.15) is 0 Å². The van der Waals surface area contributed by atoms with Crippen LogP contribution in [0.3, 0.4) is 0 Å². The maximum Gasteiger partial charge on any atom is 0.272 e. The number of anilines is 2. The molecule has 3 aromatic carbocycles. The van der Waals surface area contributed by atoms with Gasteiger partial charge >= 0.3 is 0 Å². The SMILES string of the molecule is Cn1c(Nc2cc(CNC(=O)C(C)(C)C)ccc2Cl)nc2cc(C(=O)NCc3ccccc3)c(OCC(F)F)cc21. The van der Waals surface area contributed by atoms with Crippen LogP contribution >= 0.6 is 11.6 Å². The fourth-order valence-corrected chi connectivity index (χ4v) is 4.16. The first-order chi connectivity index (χ1) is 19.4. The maximum atomic E-state index is 13.1. The van der Waals surface area contributed by atoms with Gasteiger partial charge in [0.25, 0.3) is 12.3 Å². The summed E-state index contributed by atoms with van der Waals surface area (Å²) in [5.74, 6) is -0.133. The molecule has 0 atom stereocenters. The van der Waals surface area contributed by atoms with Crippen molar-refractivity contribution in [3.63, 3.8) is 0 Å². The van der Waals surface area contributed by atoms with Crippen molar-refractivity contribution < 1.29 is 23.1 Å². The number of nitrogens with one attached hydrogen (secondary N) is 3. The molecule has 0 saturated heterocycles. The molecular formula is C30H32ClF2N5O3. The third-order valence-electron chi connectivity index (χ3n) is 6.30. The molecule has 0 saturated carbocycles. The van der Waals surface area contributed by atoms with E-state index < -0.39 is 24.4 Å². The number of fused-ring (bicyclic) bond motifs is 1. The van der Waals surface area contributed by atoms with E-state index in [1.807, 2.05) is 63.2 Å². The van der Waals surface area contributed by atoms with Crippen molar-refractivity contribution in [1.82, 2.24) is 20.2 Å². The normalized spacial score (nSPS) is 11.5. The second-order valence-corrected chi connectivity index (χ2v) is 11.0. The third kappa shape index (κ3) is 7.52. The second-order valence-electron chi connectivity index (χ2n) is 10.6. The number of halogens is 3. The third-order valence-corrected chi connectivity index (χ3v) is 6.63. The van der Waals surface area contributed by atoms with Gasteiger partial charge in [0.2, 0.25) is 11.9 Å². The molecule has 2 amide bonds. The minimum atomic E-state index is -2.71. The van der Waals surface area contributed by atoms with Crippen LogP contribution in [0, 0.1) is 5.41 Å².